The first-order valence-corrected chi connectivity index (χ1v) is 6.12. The van der Waals surface area contributed by atoms with E-state index >= 15 is 0 Å². The van der Waals surface area contributed by atoms with Gasteiger partial charge in [0.2, 0.25) is 0 Å². The van der Waals surface area contributed by atoms with Gasteiger partial charge in [0, 0.05) is 42.6 Å². The lowest BCUT2D eigenvalue weighted by Crippen LogP contribution is -2.33. The number of aliphatic hydroxyl groups is 1. The Morgan fingerprint density at radius 2 is 2.16 bits per heavy atom. The molecular weight excluding hydrogens is 248 g/mol. The number of anilines is 1. The zero-order valence-corrected chi connectivity index (χ0v) is 11.1. The van der Waals surface area contributed by atoms with E-state index in [9.17, 15) is 14.9 Å². The molecule has 6 nitrogen and oxygen atoms in total. The molecule has 0 aromatic heterocycles. The molecule has 0 aliphatic heterocycles. The van der Waals surface area contributed by atoms with E-state index < -0.39 is 4.92 Å². The summed E-state index contributed by atoms with van der Waals surface area (Å²) in [5.74, 6) is 0. The van der Waals surface area contributed by atoms with Gasteiger partial charge in [-0.25, -0.2) is 0 Å². The Kier molecular flexibility index (Phi) is 5.44. The second kappa shape index (κ2) is 6.84. The van der Waals surface area contributed by atoms with Crippen LogP contribution in [0.3, 0.4) is 0 Å². The summed E-state index contributed by atoms with van der Waals surface area (Å²) >= 11 is 0. The predicted octanol–water partition coefficient (Wildman–Crippen LogP) is 2.00. The molecule has 0 unspecified atom stereocenters. The van der Waals surface area contributed by atoms with Crippen molar-refractivity contribution >= 4 is 17.7 Å². The molecule has 104 valence electrons. The molecule has 0 spiro atoms. The number of nitro groups is 1. The number of hydrogen-bond donors (Lipinski definition) is 1. The number of carbonyl (C=O) groups excluding carboxylic acids is 1. The molecule has 0 radical (unpaired) electrons. The van der Waals surface area contributed by atoms with E-state index in [0.29, 0.717) is 30.5 Å². The van der Waals surface area contributed by atoms with E-state index in [2.05, 4.69) is 0 Å². The molecule has 1 aromatic rings. The van der Waals surface area contributed by atoms with Gasteiger partial charge in [-0.05, 0) is 26.3 Å². The van der Waals surface area contributed by atoms with Crippen molar-refractivity contribution in [3.05, 3.63) is 33.9 Å². The summed E-state index contributed by atoms with van der Waals surface area (Å²) in [5, 5.41) is 19.6. The van der Waals surface area contributed by atoms with E-state index in [-0.39, 0.29) is 18.3 Å². The zero-order chi connectivity index (χ0) is 14.4. The number of aldehydes is 1. The van der Waals surface area contributed by atoms with E-state index in [1.165, 1.54) is 12.1 Å². The van der Waals surface area contributed by atoms with Crippen molar-refractivity contribution in [2.45, 2.75) is 26.3 Å². The van der Waals surface area contributed by atoms with Crippen LogP contribution in [-0.4, -0.2) is 35.5 Å². The van der Waals surface area contributed by atoms with Crippen molar-refractivity contribution in [3.8, 4) is 0 Å². The molecule has 0 saturated heterocycles. The molecule has 19 heavy (non-hydrogen) atoms. The van der Waals surface area contributed by atoms with Gasteiger partial charge in [-0.15, -0.1) is 0 Å². The van der Waals surface area contributed by atoms with Gasteiger partial charge in [0.1, 0.15) is 0 Å². The molecule has 0 aliphatic rings. The first-order valence-electron chi connectivity index (χ1n) is 6.12. The molecule has 6 heteroatoms. The van der Waals surface area contributed by atoms with Gasteiger partial charge in [0.25, 0.3) is 5.69 Å². The number of carbonyl (C=O) groups is 1. The fraction of sp³-hybridized carbons (Fsp3) is 0.462. The lowest BCUT2D eigenvalue weighted by Gasteiger charge is -2.29. The van der Waals surface area contributed by atoms with Crippen LogP contribution in [-0.2, 0) is 0 Å². The van der Waals surface area contributed by atoms with Gasteiger partial charge in [0.05, 0.1) is 4.92 Å². The predicted molar refractivity (Wildman–Crippen MR) is 72.7 cm³/mol. The van der Waals surface area contributed by atoms with Crippen LogP contribution in [0.15, 0.2) is 18.2 Å². The van der Waals surface area contributed by atoms with Crippen LogP contribution in [0.25, 0.3) is 0 Å². The quantitative estimate of drug-likeness (QED) is 0.463. The zero-order valence-electron chi connectivity index (χ0n) is 11.1. The Labute approximate surface area is 111 Å². The third-order valence-electron chi connectivity index (χ3n) is 2.84. The minimum atomic E-state index is -0.524. The van der Waals surface area contributed by atoms with Crippen LogP contribution >= 0.6 is 0 Å². The smallest absolute Gasteiger partial charge is 0.270 e. The number of nitro benzene ring substituents is 1. The summed E-state index contributed by atoms with van der Waals surface area (Å²) < 4.78 is 0. The summed E-state index contributed by atoms with van der Waals surface area (Å²) in [5.41, 5.74) is 0.849. The molecule has 0 aliphatic carbocycles. The summed E-state index contributed by atoms with van der Waals surface area (Å²) in [7, 11) is 0. The van der Waals surface area contributed by atoms with E-state index in [4.69, 9.17) is 5.11 Å². The van der Waals surface area contributed by atoms with Crippen LogP contribution < -0.4 is 4.90 Å². The SMILES string of the molecule is CC(C)N(CCCO)c1ccc([N+](=O)[O-])cc1C=O. The van der Waals surface area contributed by atoms with Crippen molar-refractivity contribution in [1.82, 2.24) is 0 Å². The van der Waals surface area contributed by atoms with Gasteiger partial charge in [-0.3, -0.25) is 14.9 Å². The maximum Gasteiger partial charge on any atom is 0.270 e. The standard InChI is InChI=1S/C13H18N2O4/c1-10(2)14(6-3-7-16)13-5-4-12(15(18)19)8-11(13)9-17/h4-5,8-10,16H,3,6-7H2,1-2H3. The Bertz CT molecular complexity index is 460. The molecule has 1 aromatic carbocycles. The average Bonchev–Trinajstić information content (AvgIpc) is 2.38. The van der Waals surface area contributed by atoms with Gasteiger partial charge >= 0.3 is 0 Å². The maximum absolute atomic E-state index is 11.1. The van der Waals surface area contributed by atoms with Gasteiger partial charge in [0.15, 0.2) is 6.29 Å². The molecule has 0 fully saturated rings. The van der Waals surface area contributed by atoms with Gasteiger partial charge in [-0.1, -0.05) is 0 Å². The largest absolute Gasteiger partial charge is 0.396 e. The normalized spacial score (nSPS) is 10.5. The highest BCUT2D eigenvalue weighted by molar-refractivity contribution is 5.86. The molecule has 1 rings (SSSR count). The minimum Gasteiger partial charge on any atom is -0.396 e. The van der Waals surface area contributed by atoms with Crippen LogP contribution in [0, 0.1) is 10.1 Å². The molecule has 0 amide bonds. The summed E-state index contributed by atoms with van der Waals surface area (Å²) in [4.78, 5) is 23.2. The lowest BCUT2D eigenvalue weighted by atomic mass is 10.1. The maximum atomic E-state index is 11.1. The van der Waals surface area contributed by atoms with Crippen molar-refractivity contribution < 1.29 is 14.8 Å². The Morgan fingerprint density at radius 1 is 1.47 bits per heavy atom. The summed E-state index contributed by atoms with van der Waals surface area (Å²) in [6.07, 6.45) is 1.20. The van der Waals surface area contributed by atoms with Crippen molar-refractivity contribution in [1.29, 1.82) is 0 Å². The molecular formula is C13H18N2O4. The Balaban J connectivity index is 3.15. The minimum absolute atomic E-state index is 0.0621. The molecule has 0 saturated carbocycles. The third-order valence-corrected chi connectivity index (χ3v) is 2.84. The van der Waals surface area contributed by atoms with Crippen molar-refractivity contribution in [3.63, 3.8) is 0 Å². The second-order valence-corrected chi connectivity index (χ2v) is 4.48. The summed E-state index contributed by atoms with van der Waals surface area (Å²) in [6.45, 7) is 4.58. The topological polar surface area (TPSA) is 83.7 Å². The number of nitrogens with zero attached hydrogens (tertiary/aromatic N) is 2. The van der Waals surface area contributed by atoms with Gasteiger partial charge in [-0.2, -0.15) is 0 Å². The highest BCUT2D eigenvalue weighted by atomic mass is 16.6. The van der Waals surface area contributed by atoms with E-state index in [0.717, 1.165) is 0 Å². The Hall–Kier alpha value is -1.95. The molecule has 0 atom stereocenters. The number of aliphatic hydroxyl groups excluding tert-OH is 1. The molecule has 0 bridgehead atoms. The second-order valence-electron chi connectivity index (χ2n) is 4.48. The lowest BCUT2D eigenvalue weighted by molar-refractivity contribution is -0.384. The molecule has 1 N–H and O–H groups in total. The average molecular weight is 266 g/mol. The third kappa shape index (κ3) is 3.75. The Morgan fingerprint density at radius 3 is 2.63 bits per heavy atom. The monoisotopic (exact) mass is 266 g/mol. The van der Waals surface area contributed by atoms with Gasteiger partial charge < -0.3 is 10.0 Å². The fourth-order valence-electron chi connectivity index (χ4n) is 1.91. The van der Waals surface area contributed by atoms with Crippen LogP contribution in [0.1, 0.15) is 30.6 Å². The number of non-ortho nitro benzene ring substituents is 1. The highest BCUT2D eigenvalue weighted by Crippen LogP contribution is 2.26. The number of benzene rings is 1. The van der Waals surface area contributed by atoms with Crippen LogP contribution in [0.2, 0.25) is 0 Å². The van der Waals surface area contributed by atoms with E-state index in [1.54, 1.807) is 6.07 Å². The fourth-order valence-corrected chi connectivity index (χ4v) is 1.91. The van der Waals surface area contributed by atoms with Crippen LogP contribution in [0.5, 0.6) is 0 Å². The van der Waals surface area contributed by atoms with Crippen LogP contribution in [0.4, 0.5) is 11.4 Å². The number of hydrogen-bond acceptors (Lipinski definition) is 5. The van der Waals surface area contributed by atoms with Crippen molar-refractivity contribution in [2.24, 2.45) is 0 Å². The molecule has 0 heterocycles. The first kappa shape index (κ1) is 15.1. The van der Waals surface area contributed by atoms with Crippen molar-refractivity contribution in [2.75, 3.05) is 18.1 Å². The first-order chi connectivity index (χ1) is 9.01. The number of rotatable bonds is 7. The van der Waals surface area contributed by atoms with E-state index in [1.807, 2.05) is 18.7 Å². The highest BCUT2D eigenvalue weighted by Gasteiger charge is 2.17. The summed E-state index contributed by atoms with van der Waals surface area (Å²) in [6, 6.07) is 4.37.